The van der Waals surface area contributed by atoms with E-state index in [2.05, 4.69) is 17.6 Å². The number of anilines is 1. The van der Waals surface area contributed by atoms with Gasteiger partial charge in [-0.1, -0.05) is 19.1 Å². The summed E-state index contributed by atoms with van der Waals surface area (Å²) in [5.41, 5.74) is 2.04. The lowest BCUT2D eigenvalue weighted by atomic mass is 10.0. The molecule has 20 heavy (non-hydrogen) atoms. The number of nitrogens with zero attached hydrogens (tertiary/aromatic N) is 1. The van der Waals surface area contributed by atoms with Crippen molar-refractivity contribution in [3.8, 4) is 0 Å². The fourth-order valence-electron chi connectivity index (χ4n) is 2.73. The van der Waals surface area contributed by atoms with Gasteiger partial charge in [-0.25, -0.2) is 4.79 Å². The predicted octanol–water partition coefficient (Wildman–Crippen LogP) is 2.99. The van der Waals surface area contributed by atoms with Gasteiger partial charge >= 0.3 is 6.03 Å². The Morgan fingerprint density at radius 2 is 2.15 bits per heavy atom. The van der Waals surface area contributed by atoms with E-state index in [-0.39, 0.29) is 6.03 Å². The third kappa shape index (κ3) is 3.97. The number of carbonyl (C=O) groups is 1. The number of piperidine rings is 1. The van der Waals surface area contributed by atoms with Crippen LogP contribution >= 0.6 is 0 Å². The molecule has 2 N–H and O–H groups in total. The zero-order chi connectivity index (χ0) is 14.4. The monoisotopic (exact) mass is 275 g/mol. The van der Waals surface area contributed by atoms with Crippen LogP contribution in [-0.2, 0) is 0 Å². The lowest BCUT2D eigenvalue weighted by Crippen LogP contribution is -2.48. The molecule has 2 rings (SSSR count). The van der Waals surface area contributed by atoms with Gasteiger partial charge in [-0.2, -0.15) is 0 Å². The van der Waals surface area contributed by atoms with Gasteiger partial charge in [-0.05, 0) is 57.0 Å². The van der Waals surface area contributed by atoms with E-state index in [9.17, 15) is 4.79 Å². The Balaban J connectivity index is 2.02. The van der Waals surface area contributed by atoms with Crippen LogP contribution in [0.3, 0.4) is 0 Å². The summed E-state index contributed by atoms with van der Waals surface area (Å²) in [5, 5.41) is 6.38. The summed E-state index contributed by atoms with van der Waals surface area (Å²) in [6, 6.07) is 8.35. The van der Waals surface area contributed by atoms with Gasteiger partial charge in [0.05, 0.1) is 0 Å². The summed E-state index contributed by atoms with van der Waals surface area (Å²) in [7, 11) is 0. The van der Waals surface area contributed by atoms with Crippen LogP contribution in [0.4, 0.5) is 10.5 Å². The Morgan fingerprint density at radius 3 is 2.80 bits per heavy atom. The van der Waals surface area contributed by atoms with Gasteiger partial charge in [0.25, 0.3) is 0 Å². The van der Waals surface area contributed by atoms with Crippen LogP contribution in [0.5, 0.6) is 0 Å². The Labute approximate surface area is 121 Å². The number of rotatable bonds is 4. The third-order valence-electron chi connectivity index (χ3n) is 3.74. The first-order valence-electron chi connectivity index (χ1n) is 7.55. The minimum absolute atomic E-state index is 0.0318. The Hall–Kier alpha value is -1.55. The molecule has 1 fully saturated rings. The van der Waals surface area contributed by atoms with Crippen LogP contribution in [0.25, 0.3) is 0 Å². The van der Waals surface area contributed by atoms with Crippen LogP contribution in [0.2, 0.25) is 0 Å². The lowest BCUT2D eigenvalue weighted by molar-refractivity contribution is 0.171. The first-order chi connectivity index (χ1) is 9.70. The number of urea groups is 1. The Morgan fingerprint density at radius 1 is 1.40 bits per heavy atom. The molecule has 110 valence electrons. The Kier molecular flexibility index (Phi) is 5.41. The highest BCUT2D eigenvalue weighted by Crippen LogP contribution is 2.16. The number of nitrogens with one attached hydrogen (secondary N) is 2. The van der Waals surface area contributed by atoms with E-state index in [1.807, 2.05) is 36.1 Å². The van der Waals surface area contributed by atoms with E-state index in [0.29, 0.717) is 6.04 Å². The second-order valence-corrected chi connectivity index (χ2v) is 5.47. The number of amides is 2. The molecule has 1 saturated heterocycles. The van der Waals surface area contributed by atoms with Crippen molar-refractivity contribution < 1.29 is 4.79 Å². The van der Waals surface area contributed by atoms with E-state index in [0.717, 1.165) is 50.1 Å². The van der Waals surface area contributed by atoms with Gasteiger partial charge in [0.2, 0.25) is 0 Å². The van der Waals surface area contributed by atoms with Crippen LogP contribution in [0, 0.1) is 6.92 Å². The van der Waals surface area contributed by atoms with Crippen molar-refractivity contribution in [3.63, 3.8) is 0 Å². The van der Waals surface area contributed by atoms with E-state index >= 15 is 0 Å². The summed E-state index contributed by atoms with van der Waals surface area (Å²) < 4.78 is 0. The average Bonchev–Trinajstić information content (AvgIpc) is 2.45. The highest BCUT2D eigenvalue weighted by atomic mass is 16.2. The van der Waals surface area contributed by atoms with E-state index in [1.54, 1.807) is 0 Å². The zero-order valence-corrected chi connectivity index (χ0v) is 12.5. The molecule has 0 bridgehead atoms. The molecular formula is C16H25N3O. The number of aryl methyl sites for hydroxylation is 1. The predicted molar refractivity (Wildman–Crippen MR) is 83.1 cm³/mol. The largest absolute Gasteiger partial charge is 0.322 e. The van der Waals surface area contributed by atoms with E-state index in [1.165, 1.54) is 0 Å². The number of benzene rings is 1. The van der Waals surface area contributed by atoms with E-state index < -0.39 is 0 Å². The Bertz CT molecular complexity index is 441. The molecule has 0 aromatic heterocycles. The molecule has 0 spiro atoms. The number of hydrogen-bond acceptors (Lipinski definition) is 2. The van der Waals surface area contributed by atoms with Crippen LogP contribution in [0.1, 0.15) is 31.7 Å². The van der Waals surface area contributed by atoms with Crippen molar-refractivity contribution in [1.82, 2.24) is 10.2 Å². The van der Waals surface area contributed by atoms with Gasteiger partial charge in [-0.15, -0.1) is 0 Å². The third-order valence-corrected chi connectivity index (χ3v) is 3.74. The van der Waals surface area contributed by atoms with Gasteiger partial charge in [0.15, 0.2) is 0 Å². The molecule has 2 amide bonds. The normalized spacial score (nSPS) is 15.9. The first-order valence-corrected chi connectivity index (χ1v) is 7.55. The molecule has 0 radical (unpaired) electrons. The molecule has 1 aromatic carbocycles. The van der Waals surface area contributed by atoms with Crippen molar-refractivity contribution in [1.29, 1.82) is 0 Å². The molecule has 4 nitrogen and oxygen atoms in total. The lowest BCUT2D eigenvalue weighted by Gasteiger charge is -2.34. The van der Waals surface area contributed by atoms with Crippen LogP contribution < -0.4 is 10.6 Å². The van der Waals surface area contributed by atoms with Crippen molar-refractivity contribution >= 4 is 11.7 Å². The summed E-state index contributed by atoms with van der Waals surface area (Å²) in [4.78, 5) is 14.5. The van der Waals surface area contributed by atoms with E-state index in [4.69, 9.17) is 0 Å². The maximum Gasteiger partial charge on any atom is 0.322 e. The molecule has 0 aliphatic carbocycles. The molecule has 1 aliphatic heterocycles. The van der Waals surface area contributed by atoms with Crippen LogP contribution in [0.15, 0.2) is 24.3 Å². The summed E-state index contributed by atoms with van der Waals surface area (Å²) in [6.45, 7) is 6.98. The second-order valence-electron chi connectivity index (χ2n) is 5.47. The molecule has 1 heterocycles. The highest BCUT2D eigenvalue weighted by molar-refractivity contribution is 5.89. The molecule has 0 unspecified atom stereocenters. The molecule has 0 saturated carbocycles. The fourth-order valence-corrected chi connectivity index (χ4v) is 2.73. The quantitative estimate of drug-likeness (QED) is 0.887. The topological polar surface area (TPSA) is 44.4 Å². The maximum absolute atomic E-state index is 12.5. The second kappa shape index (κ2) is 7.29. The minimum atomic E-state index is 0.0318. The van der Waals surface area contributed by atoms with Crippen molar-refractivity contribution in [3.05, 3.63) is 29.8 Å². The fraction of sp³-hybridized carbons (Fsp3) is 0.562. The standard InChI is InChI=1S/C16H25N3O/c1-3-11-19(15-7-9-17-10-8-15)16(20)18-14-6-4-5-13(2)12-14/h4-6,12,15,17H,3,7-11H2,1-2H3,(H,18,20). The molecular weight excluding hydrogens is 250 g/mol. The summed E-state index contributed by atoms with van der Waals surface area (Å²) in [6.07, 6.45) is 3.08. The van der Waals surface area contributed by atoms with Crippen molar-refractivity contribution in [2.24, 2.45) is 0 Å². The molecule has 1 aliphatic rings. The smallest absolute Gasteiger partial charge is 0.321 e. The van der Waals surface area contributed by atoms with Gasteiger partial charge in [0, 0.05) is 18.3 Å². The average molecular weight is 275 g/mol. The molecule has 0 atom stereocenters. The maximum atomic E-state index is 12.5. The summed E-state index contributed by atoms with van der Waals surface area (Å²) >= 11 is 0. The highest BCUT2D eigenvalue weighted by Gasteiger charge is 2.24. The summed E-state index contributed by atoms with van der Waals surface area (Å²) in [5.74, 6) is 0. The SMILES string of the molecule is CCCN(C(=O)Nc1cccc(C)c1)C1CCNCC1. The zero-order valence-electron chi connectivity index (χ0n) is 12.5. The van der Waals surface area contributed by atoms with Crippen molar-refractivity contribution in [2.75, 3.05) is 25.0 Å². The number of hydrogen-bond donors (Lipinski definition) is 2. The van der Waals surface area contributed by atoms with Crippen molar-refractivity contribution in [2.45, 2.75) is 39.2 Å². The first kappa shape index (κ1) is 14.9. The molecule has 4 heteroatoms. The van der Waals surface area contributed by atoms with Gasteiger partial charge in [0.1, 0.15) is 0 Å². The van der Waals surface area contributed by atoms with Gasteiger partial charge < -0.3 is 15.5 Å². The minimum Gasteiger partial charge on any atom is -0.321 e. The van der Waals surface area contributed by atoms with Gasteiger partial charge in [-0.3, -0.25) is 0 Å². The van der Waals surface area contributed by atoms with Crippen LogP contribution in [-0.4, -0.2) is 36.6 Å². The number of carbonyl (C=O) groups excluding carboxylic acids is 1. The molecule has 1 aromatic rings.